The Bertz CT molecular complexity index is 422. The van der Waals surface area contributed by atoms with Crippen LogP contribution in [0.4, 0.5) is 0 Å². The van der Waals surface area contributed by atoms with Crippen molar-refractivity contribution < 1.29 is 4.52 Å². The highest BCUT2D eigenvalue weighted by Crippen LogP contribution is 2.16. The molecule has 0 fully saturated rings. The average Bonchev–Trinajstić information content (AvgIpc) is 2.50. The van der Waals surface area contributed by atoms with Crippen LogP contribution in [0.15, 0.2) is 28.9 Å². The Morgan fingerprint density at radius 1 is 1.45 bits per heavy atom. The Kier molecular flexibility index (Phi) is 1.16. The summed E-state index contributed by atoms with van der Waals surface area (Å²) in [5.74, 6) is 2.56. The average molecular weight is 143 g/mol. The number of benzene rings is 1. The third-order valence-electron chi connectivity index (χ3n) is 1.55. The van der Waals surface area contributed by atoms with Gasteiger partial charge in [-0.05, 0) is 12.1 Å². The van der Waals surface area contributed by atoms with Crippen LogP contribution >= 0.6 is 0 Å². The minimum atomic E-state index is 0.737. The maximum Gasteiger partial charge on any atom is 0.168 e. The fourth-order valence-electron chi connectivity index (χ4n) is 1.02. The highest BCUT2D eigenvalue weighted by atomic mass is 16.5. The summed E-state index contributed by atoms with van der Waals surface area (Å²) >= 11 is 0. The summed E-state index contributed by atoms with van der Waals surface area (Å²) in [6.07, 6.45) is 6.89. The van der Waals surface area contributed by atoms with Crippen molar-refractivity contribution >= 4 is 11.0 Å². The van der Waals surface area contributed by atoms with E-state index in [0.717, 1.165) is 16.5 Å². The van der Waals surface area contributed by atoms with E-state index in [9.17, 15) is 0 Å². The maximum absolute atomic E-state index is 5.26. The van der Waals surface area contributed by atoms with E-state index >= 15 is 0 Å². The molecule has 2 heteroatoms. The first-order chi connectivity index (χ1) is 5.42. The highest BCUT2D eigenvalue weighted by molar-refractivity contribution is 5.82. The van der Waals surface area contributed by atoms with Gasteiger partial charge in [0.15, 0.2) is 5.58 Å². The van der Waals surface area contributed by atoms with Gasteiger partial charge in [0.1, 0.15) is 0 Å². The number of fused-ring (bicyclic) bond motifs is 1. The largest absolute Gasteiger partial charge is 0.356 e. The lowest BCUT2D eigenvalue weighted by Gasteiger charge is -1.88. The van der Waals surface area contributed by atoms with Crippen LogP contribution in [0.2, 0.25) is 0 Å². The predicted molar refractivity (Wildman–Crippen MR) is 41.9 cm³/mol. The minimum absolute atomic E-state index is 0.737. The zero-order valence-electron chi connectivity index (χ0n) is 5.74. The van der Waals surface area contributed by atoms with Crippen LogP contribution in [0.3, 0.4) is 0 Å². The zero-order valence-corrected chi connectivity index (χ0v) is 5.74. The van der Waals surface area contributed by atoms with Crippen LogP contribution in [0.25, 0.3) is 11.0 Å². The first-order valence-electron chi connectivity index (χ1n) is 3.22. The Morgan fingerprint density at radius 3 is 3.18 bits per heavy atom. The van der Waals surface area contributed by atoms with Crippen LogP contribution in [-0.4, -0.2) is 5.16 Å². The molecule has 0 saturated heterocycles. The number of aromatic nitrogens is 1. The van der Waals surface area contributed by atoms with Gasteiger partial charge >= 0.3 is 0 Å². The number of hydrogen-bond donors (Lipinski definition) is 0. The molecule has 0 spiro atoms. The van der Waals surface area contributed by atoms with Gasteiger partial charge < -0.3 is 4.52 Å². The summed E-state index contributed by atoms with van der Waals surface area (Å²) < 4.78 is 4.91. The lowest BCUT2D eigenvalue weighted by Crippen LogP contribution is -1.72. The van der Waals surface area contributed by atoms with Gasteiger partial charge in [-0.2, -0.15) is 0 Å². The topological polar surface area (TPSA) is 26.0 Å². The van der Waals surface area contributed by atoms with Crippen molar-refractivity contribution in [1.82, 2.24) is 5.16 Å². The van der Waals surface area contributed by atoms with Crippen molar-refractivity contribution in [3.63, 3.8) is 0 Å². The van der Waals surface area contributed by atoms with Crippen LogP contribution in [0, 0.1) is 12.3 Å². The molecule has 0 amide bonds. The van der Waals surface area contributed by atoms with Crippen LogP contribution < -0.4 is 0 Å². The van der Waals surface area contributed by atoms with E-state index in [1.807, 2.05) is 18.2 Å². The van der Waals surface area contributed by atoms with Crippen molar-refractivity contribution in [1.29, 1.82) is 0 Å². The van der Waals surface area contributed by atoms with Gasteiger partial charge in [0, 0.05) is 5.56 Å². The van der Waals surface area contributed by atoms with Crippen molar-refractivity contribution in [3.8, 4) is 12.3 Å². The lowest BCUT2D eigenvalue weighted by molar-refractivity contribution is 0.456. The Hall–Kier alpha value is -1.75. The Morgan fingerprint density at radius 2 is 2.36 bits per heavy atom. The molecule has 1 heterocycles. The van der Waals surface area contributed by atoms with Gasteiger partial charge in [0.2, 0.25) is 0 Å². The van der Waals surface area contributed by atoms with Gasteiger partial charge in [0.05, 0.1) is 11.6 Å². The summed E-state index contributed by atoms with van der Waals surface area (Å²) in [5, 5.41) is 4.54. The molecule has 1 aromatic heterocycles. The SMILES string of the molecule is C#Cc1cccc2oncc12. The molecule has 1 aromatic carbocycles. The second-order valence-electron chi connectivity index (χ2n) is 2.19. The summed E-state index contributed by atoms with van der Waals surface area (Å²) in [7, 11) is 0. The molecule has 0 aliphatic rings. The number of nitrogens with zero attached hydrogens (tertiary/aromatic N) is 1. The van der Waals surface area contributed by atoms with E-state index in [1.165, 1.54) is 0 Å². The second kappa shape index (κ2) is 2.14. The summed E-state index contributed by atoms with van der Waals surface area (Å²) in [6, 6.07) is 5.55. The molecule has 0 saturated carbocycles. The van der Waals surface area contributed by atoms with E-state index in [4.69, 9.17) is 10.9 Å². The van der Waals surface area contributed by atoms with Gasteiger partial charge in [-0.25, -0.2) is 0 Å². The normalized spacial score (nSPS) is 9.73. The molecule has 0 atom stereocenters. The highest BCUT2D eigenvalue weighted by Gasteiger charge is 2.00. The molecule has 0 unspecified atom stereocenters. The number of terminal acetylenes is 1. The second-order valence-corrected chi connectivity index (χ2v) is 2.19. The molecule has 0 radical (unpaired) electrons. The van der Waals surface area contributed by atoms with Crippen LogP contribution in [0.5, 0.6) is 0 Å². The standard InChI is InChI=1S/C9H5NO/c1-2-7-4-3-5-9-8(7)6-10-11-9/h1,3-6H. The fraction of sp³-hybridized carbons (Fsp3) is 0. The van der Waals surface area contributed by atoms with Crippen LogP contribution in [0.1, 0.15) is 5.56 Å². The molecule has 11 heavy (non-hydrogen) atoms. The molecule has 0 N–H and O–H groups in total. The summed E-state index contributed by atoms with van der Waals surface area (Å²) in [5.41, 5.74) is 1.56. The van der Waals surface area contributed by atoms with Crippen LogP contribution in [-0.2, 0) is 0 Å². The van der Waals surface area contributed by atoms with E-state index in [0.29, 0.717) is 0 Å². The third kappa shape index (κ3) is 0.786. The summed E-state index contributed by atoms with van der Waals surface area (Å²) in [4.78, 5) is 0. The number of rotatable bonds is 0. The molecule has 2 rings (SSSR count). The zero-order chi connectivity index (χ0) is 7.68. The van der Waals surface area contributed by atoms with E-state index in [1.54, 1.807) is 6.20 Å². The maximum atomic E-state index is 5.26. The van der Waals surface area contributed by atoms with Gasteiger partial charge in [-0.15, -0.1) is 6.42 Å². The van der Waals surface area contributed by atoms with E-state index < -0.39 is 0 Å². The Labute approximate surface area is 63.8 Å². The monoisotopic (exact) mass is 143 g/mol. The molecule has 0 bridgehead atoms. The van der Waals surface area contributed by atoms with Gasteiger partial charge in [0.25, 0.3) is 0 Å². The van der Waals surface area contributed by atoms with Crippen molar-refractivity contribution in [3.05, 3.63) is 30.0 Å². The molecular weight excluding hydrogens is 138 g/mol. The Balaban J connectivity index is 2.92. The third-order valence-corrected chi connectivity index (χ3v) is 1.55. The summed E-state index contributed by atoms with van der Waals surface area (Å²) in [6.45, 7) is 0. The fourth-order valence-corrected chi connectivity index (χ4v) is 1.02. The van der Waals surface area contributed by atoms with E-state index in [2.05, 4.69) is 11.1 Å². The molecule has 0 aliphatic heterocycles. The molecule has 0 aliphatic carbocycles. The molecule has 2 nitrogen and oxygen atoms in total. The van der Waals surface area contributed by atoms with Gasteiger partial charge in [-0.3, -0.25) is 0 Å². The lowest BCUT2D eigenvalue weighted by atomic mass is 10.1. The first kappa shape index (κ1) is 5.99. The molecular formula is C9H5NO. The van der Waals surface area contributed by atoms with E-state index in [-0.39, 0.29) is 0 Å². The first-order valence-corrected chi connectivity index (χ1v) is 3.22. The number of hydrogen-bond acceptors (Lipinski definition) is 2. The molecule has 2 aromatic rings. The van der Waals surface area contributed by atoms with Crippen molar-refractivity contribution in [2.75, 3.05) is 0 Å². The van der Waals surface area contributed by atoms with Crippen molar-refractivity contribution in [2.45, 2.75) is 0 Å². The van der Waals surface area contributed by atoms with Gasteiger partial charge in [-0.1, -0.05) is 17.1 Å². The van der Waals surface area contributed by atoms with Crippen molar-refractivity contribution in [2.24, 2.45) is 0 Å². The molecule has 52 valence electrons. The predicted octanol–water partition coefficient (Wildman–Crippen LogP) is 1.81. The smallest absolute Gasteiger partial charge is 0.168 e. The minimum Gasteiger partial charge on any atom is -0.356 e. The quantitative estimate of drug-likeness (QED) is 0.525.